The summed E-state index contributed by atoms with van der Waals surface area (Å²) in [5.41, 5.74) is -5.32. The van der Waals surface area contributed by atoms with Crippen LogP contribution in [0.3, 0.4) is 0 Å². The van der Waals surface area contributed by atoms with Crippen molar-refractivity contribution < 1.29 is 21.6 Å². The maximum absolute atomic E-state index is 12.7. The molecule has 1 aromatic carbocycles. The zero-order valence-electron chi connectivity index (χ0n) is 13.7. The van der Waals surface area contributed by atoms with Gasteiger partial charge in [0.25, 0.3) is 0 Å². The summed E-state index contributed by atoms with van der Waals surface area (Å²) in [6.07, 6.45) is 1.25. The van der Waals surface area contributed by atoms with E-state index in [0.29, 0.717) is 18.8 Å². The Morgan fingerprint density at radius 2 is 1.92 bits per heavy atom. The normalized spacial score (nSPS) is 12.5. The van der Waals surface area contributed by atoms with Crippen molar-refractivity contribution in [1.82, 2.24) is 9.36 Å². The van der Waals surface area contributed by atoms with Crippen LogP contribution in [0.2, 0.25) is 0 Å². The van der Waals surface area contributed by atoms with Gasteiger partial charge in [-0.2, -0.15) is 26.0 Å². The Hall–Kier alpha value is -2.28. The molecule has 0 amide bonds. The lowest BCUT2D eigenvalue weighted by Crippen LogP contribution is -2.30. The number of sulfonamides is 1. The van der Waals surface area contributed by atoms with E-state index in [1.165, 1.54) is 23.2 Å². The van der Waals surface area contributed by atoms with Crippen LogP contribution in [0.5, 0.6) is 0 Å². The molecule has 1 N–H and O–H groups in total. The molecule has 0 aliphatic heterocycles. The molecule has 0 unspecified atom stereocenters. The first-order valence-electron chi connectivity index (χ1n) is 7.34. The maximum atomic E-state index is 12.7. The van der Waals surface area contributed by atoms with Crippen molar-refractivity contribution in [1.29, 1.82) is 0 Å². The summed E-state index contributed by atoms with van der Waals surface area (Å²) < 4.78 is 66.4. The number of hydrogen-bond donors (Lipinski definition) is 1. The molecule has 0 aliphatic rings. The fourth-order valence-corrected chi connectivity index (χ4v) is 2.92. The first kappa shape index (κ1) is 20.0. The molecule has 0 spiro atoms. The van der Waals surface area contributed by atoms with Crippen LogP contribution in [0.1, 0.15) is 13.8 Å². The van der Waals surface area contributed by atoms with E-state index in [1.807, 2.05) is 18.7 Å². The van der Waals surface area contributed by atoms with Crippen LogP contribution in [0.4, 0.5) is 35.4 Å². The minimum Gasteiger partial charge on any atom is -0.372 e. The number of anilines is 2. The maximum Gasteiger partial charge on any atom is 0.516 e. The van der Waals surface area contributed by atoms with Crippen molar-refractivity contribution in [2.24, 2.45) is 10.2 Å². The van der Waals surface area contributed by atoms with Gasteiger partial charge in [0.2, 0.25) is 5.13 Å². The molecule has 0 atom stereocenters. The molecule has 142 valence electrons. The van der Waals surface area contributed by atoms with Gasteiger partial charge in [-0.05, 0) is 32.0 Å². The number of halogens is 3. The predicted octanol–water partition coefficient (Wildman–Crippen LogP) is 4.06. The molecule has 2 aromatic rings. The number of nitrogens with zero attached hydrogens (tertiary/aromatic N) is 5. The number of aromatic nitrogens is 2. The van der Waals surface area contributed by atoms with Crippen LogP contribution in [-0.2, 0) is 10.0 Å². The molecule has 0 aliphatic carbocycles. The van der Waals surface area contributed by atoms with Gasteiger partial charge in [0, 0.05) is 30.3 Å². The molecule has 2 rings (SSSR count). The summed E-state index contributed by atoms with van der Waals surface area (Å²) in [7, 11) is -5.60. The Morgan fingerprint density at radius 1 is 1.23 bits per heavy atom. The van der Waals surface area contributed by atoms with Gasteiger partial charge in [0.05, 0.1) is 5.69 Å². The SMILES string of the molecule is CCN(CC)c1ccc(N=Nc2ncns2)c(NS(=O)(=O)C(F)(F)F)c1. The monoisotopic (exact) mass is 408 g/mol. The van der Waals surface area contributed by atoms with Gasteiger partial charge in [-0.25, -0.2) is 4.98 Å². The highest BCUT2D eigenvalue weighted by Gasteiger charge is 2.46. The van der Waals surface area contributed by atoms with Gasteiger partial charge in [-0.1, -0.05) is 0 Å². The van der Waals surface area contributed by atoms with Gasteiger partial charge in [-0.3, -0.25) is 4.72 Å². The van der Waals surface area contributed by atoms with E-state index in [0.717, 1.165) is 11.5 Å². The average molecular weight is 408 g/mol. The van der Waals surface area contributed by atoms with Crippen molar-refractivity contribution >= 4 is 43.7 Å². The number of nitrogens with one attached hydrogen (secondary N) is 1. The lowest BCUT2D eigenvalue weighted by atomic mass is 10.2. The Morgan fingerprint density at radius 3 is 2.46 bits per heavy atom. The van der Waals surface area contributed by atoms with E-state index >= 15 is 0 Å². The molecule has 1 aromatic heterocycles. The topological polar surface area (TPSA) is 99.9 Å². The Balaban J connectivity index is 2.46. The van der Waals surface area contributed by atoms with Crippen LogP contribution in [0, 0.1) is 0 Å². The fourth-order valence-electron chi connectivity index (χ4n) is 1.99. The van der Waals surface area contributed by atoms with E-state index in [2.05, 4.69) is 19.6 Å². The minimum atomic E-state index is -5.60. The summed E-state index contributed by atoms with van der Waals surface area (Å²) in [4.78, 5) is 5.61. The summed E-state index contributed by atoms with van der Waals surface area (Å²) >= 11 is 0.932. The molecule has 0 saturated heterocycles. The summed E-state index contributed by atoms with van der Waals surface area (Å²) in [6.45, 7) is 4.92. The van der Waals surface area contributed by atoms with Gasteiger partial charge in [0.1, 0.15) is 12.0 Å². The Labute approximate surface area is 152 Å². The van der Waals surface area contributed by atoms with Crippen molar-refractivity contribution in [2.75, 3.05) is 22.7 Å². The molecule has 0 radical (unpaired) electrons. The number of rotatable bonds is 7. The van der Waals surface area contributed by atoms with Crippen LogP contribution >= 0.6 is 11.5 Å². The van der Waals surface area contributed by atoms with Gasteiger partial charge in [0.15, 0.2) is 0 Å². The van der Waals surface area contributed by atoms with E-state index in [-0.39, 0.29) is 16.5 Å². The summed E-state index contributed by atoms with van der Waals surface area (Å²) in [5, 5.41) is 7.71. The Bertz CT molecular complexity index is 864. The number of benzene rings is 1. The van der Waals surface area contributed by atoms with E-state index in [1.54, 1.807) is 6.07 Å². The molecule has 1 heterocycles. The lowest BCUT2D eigenvalue weighted by molar-refractivity contribution is -0.0429. The van der Waals surface area contributed by atoms with E-state index in [4.69, 9.17) is 0 Å². The van der Waals surface area contributed by atoms with Crippen LogP contribution < -0.4 is 9.62 Å². The van der Waals surface area contributed by atoms with Crippen molar-refractivity contribution in [3.05, 3.63) is 24.5 Å². The molecule has 8 nitrogen and oxygen atoms in total. The second-order valence-electron chi connectivity index (χ2n) is 4.85. The lowest BCUT2D eigenvalue weighted by Gasteiger charge is -2.22. The third kappa shape index (κ3) is 4.66. The molecular formula is C13H15F3N6O2S2. The third-order valence-electron chi connectivity index (χ3n) is 3.25. The standard InChI is InChI=1S/C13H15F3N6O2S2/c1-3-22(4-2)9-5-6-10(19-20-12-17-8-18-25-12)11(7-9)21-26(23,24)13(14,15)16/h5-8,21H,3-4H2,1-2H3. The smallest absolute Gasteiger partial charge is 0.372 e. The highest BCUT2D eigenvalue weighted by atomic mass is 32.2. The van der Waals surface area contributed by atoms with Crippen LogP contribution in [0.15, 0.2) is 34.8 Å². The van der Waals surface area contributed by atoms with Gasteiger partial charge >= 0.3 is 15.5 Å². The highest BCUT2D eigenvalue weighted by molar-refractivity contribution is 7.93. The quantitative estimate of drug-likeness (QED) is 0.697. The van der Waals surface area contributed by atoms with Crippen LogP contribution in [-0.4, -0.2) is 36.4 Å². The van der Waals surface area contributed by atoms with E-state index in [9.17, 15) is 21.6 Å². The second kappa shape index (κ2) is 7.95. The van der Waals surface area contributed by atoms with E-state index < -0.39 is 15.5 Å². The van der Waals surface area contributed by atoms with Crippen molar-refractivity contribution in [2.45, 2.75) is 19.4 Å². The summed E-state index contributed by atoms with van der Waals surface area (Å²) in [5.74, 6) is 0. The molecule has 26 heavy (non-hydrogen) atoms. The first-order valence-corrected chi connectivity index (χ1v) is 9.60. The number of hydrogen-bond acceptors (Lipinski definition) is 8. The first-order chi connectivity index (χ1) is 12.2. The second-order valence-corrected chi connectivity index (χ2v) is 7.28. The molecular weight excluding hydrogens is 393 g/mol. The molecule has 0 bridgehead atoms. The number of alkyl halides is 3. The average Bonchev–Trinajstić information content (AvgIpc) is 3.07. The number of azo groups is 1. The highest BCUT2D eigenvalue weighted by Crippen LogP contribution is 2.35. The molecule has 0 fully saturated rings. The van der Waals surface area contributed by atoms with Crippen molar-refractivity contribution in [3.63, 3.8) is 0 Å². The minimum absolute atomic E-state index is 0.0797. The fraction of sp³-hybridized carbons (Fsp3) is 0.385. The molecule has 13 heteroatoms. The van der Waals surface area contributed by atoms with Crippen LogP contribution in [0.25, 0.3) is 0 Å². The third-order valence-corrected chi connectivity index (χ3v) is 4.90. The zero-order chi connectivity index (χ0) is 19.4. The van der Waals surface area contributed by atoms with Gasteiger partial charge in [-0.15, -0.1) is 10.2 Å². The summed E-state index contributed by atoms with van der Waals surface area (Å²) in [6, 6.07) is 4.28. The Kier molecular flexibility index (Phi) is 6.13. The largest absolute Gasteiger partial charge is 0.516 e. The molecule has 0 saturated carbocycles. The van der Waals surface area contributed by atoms with Gasteiger partial charge < -0.3 is 4.90 Å². The van der Waals surface area contributed by atoms with Crippen molar-refractivity contribution in [3.8, 4) is 0 Å². The zero-order valence-corrected chi connectivity index (χ0v) is 15.4. The predicted molar refractivity (Wildman–Crippen MR) is 92.7 cm³/mol.